The molecule has 0 radical (unpaired) electrons. The number of nitrogens with two attached hydrogens (primary N) is 1. The quantitative estimate of drug-likeness (QED) is 0.823. The summed E-state index contributed by atoms with van der Waals surface area (Å²) in [4.78, 5) is 0.102. The Hall–Kier alpha value is -0.920. The Labute approximate surface area is 118 Å². The maximum absolute atomic E-state index is 12.4. The Kier molecular flexibility index (Phi) is 4.59. The number of hydrogen-bond donors (Lipinski definition) is 2. The summed E-state index contributed by atoms with van der Waals surface area (Å²) in [5.41, 5.74) is 6.06. The van der Waals surface area contributed by atoms with E-state index < -0.39 is 10.0 Å². The van der Waals surface area contributed by atoms with Crippen molar-refractivity contribution in [2.75, 3.05) is 24.3 Å². The molecule has 7 heteroatoms. The van der Waals surface area contributed by atoms with Crippen molar-refractivity contribution < 1.29 is 13.2 Å². The van der Waals surface area contributed by atoms with Crippen molar-refractivity contribution in [3.8, 4) is 5.75 Å². The highest BCUT2D eigenvalue weighted by molar-refractivity contribution is 7.99. The molecule has 0 bridgehead atoms. The molecule has 2 rings (SSSR count). The molecule has 1 aliphatic heterocycles. The topological polar surface area (TPSA) is 81.4 Å². The van der Waals surface area contributed by atoms with Crippen molar-refractivity contribution >= 4 is 27.5 Å². The maximum Gasteiger partial charge on any atom is 0.244 e. The fraction of sp³-hybridized carbons (Fsp3) is 0.500. The Balaban J connectivity index is 2.25. The molecule has 3 N–H and O–H groups in total. The molecule has 1 fully saturated rings. The lowest BCUT2D eigenvalue weighted by Crippen LogP contribution is -2.38. The van der Waals surface area contributed by atoms with E-state index in [1.54, 1.807) is 23.9 Å². The van der Waals surface area contributed by atoms with Gasteiger partial charge < -0.3 is 10.5 Å². The number of nitrogens with one attached hydrogen (secondary N) is 1. The smallest absolute Gasteiger partial charge is 0.244 e. The van der Waals surface area contributed by atoms with E-state index in [4.69, 9.17) is 10.5 Å². The molecule has 1 aromatic carbocycles. The highest BCUT2D eigenvalue weighted by Gasteiger charge is 2.25. The first-order chi connectivity index (χ1) is 9.03. The van der Waals surface area contributed by atoms with Crippen molar-refractivity contribution in [2.24, 2.45) is 0 Å². The van der Waals surface area contributed by atoms with E-state index in [9.17, 15) is 8.42 Å². The Morgan fingerprint density at radius 2 is 2.26 bits per heavy atom. The third-order valence-corrected chi connectivity index (χ3v) is 5.72. The number of ether oxygens (including phenoxy) is 1. The first-order valence-corrected chi connectivity index (χ1v) is 8.70. The predicted octanol–water partition coefficient (Wildman–Crippen LogP) is 1.45. The second kappa shape index (κ2) is 6.02. The monoisotopic (exact) mass is 302 g/mol. The van der Waals surface area contributed by atoms with Gasteiger partial charge in [0.1, 0.15) is 10.6 Å². The van der Waals surface area contributed by atoms with Crippen molar-refractivity contribution in [2.45, 2.75) is 23.8 Å². The van der Waals surface area contributed by atoms with Gasteiger partial charge in [0.15, 0.2) is 0 Å². The van der Waals surface area contributed by atoms with Gasteiger partial charge in [-0.3, -0.25) is 0 Å². The van der Waals surface area contributed by atoms with Crippen LogP contribution in [0.1, 0.15) is 12.8 Å². The number of nitrogen functional groups attached to an aromatic ring is 1. The standard InChI is InChI=1S/C12H18N2O3S2/c1-17-11-5-4-9(13)7-12(11)19(15,16)14-10-3-2-6-18-8-10/h4-5,7,10,14H,2-3,6,8,13H2,1H3. The zero-order chi connectivity index (χ0) is 13.9. The fourth-order valence-corrected chi connectivity index (χ4v) is 4.67. The van der Waals surface area contributed by atoms with Crippen LogP contribution in [0, 0.1) is 0 Å². The minimum atomic E-state index is -3.59. The van der Waals surface area contributed by atoms with Crippen molar-refractivity contribution in [1.82, 2.24) is 4.72 Å². The Morgan fingerprint density at radius 1 is 1.47 bits per heavy atom. The number of methoxy groups -OCH3 is 1. The fourth-order valence-electron chi connectivity index (χ4n) is 2.02. The van der Waals surface area contributed by atoms with Crippen LogP contribution in [0.3, 0.4) is 0 Å². The lowest BCUT2D eigenvalue weighted by atomic mass is 10.2. The van der Waals surface area contributed by atoms with Crippen LogP contribution in [-0.2, 0) is 10.0 Å². The maximum atomic E-state index is 12.4. The second-order valence-electron chi connectivity index (χ2n) is 4.45. The third kappa shape index (κ3) is 3.55. The molecule has 0 aromatic heterocycles. The van der Waals surface area contributed by atoms with Gasteiger partial charge in [0.2, 0.25) is 10.0 Å². The molecule has 1 unspecified atom stereocenters. The van der Waals surface area contributed by atoms with Crippen LogP contribution in [0.5, 0.6) is 5.75 Å². The summed E-state index contributed by atoms with van der Waals surface area (Å²) in [6, 6.07) is 4.60. The first-order valence-electron chi connectivity index (χ1n) is 6.06. The molecule has 5 nitrogen and oxygen atoms in total. The summed E-state index contributed by atoms with van der Waals surface area (Å²) in [5, 5.41) is 0. The molecule has 1 aliphatic rings. The summed E-state index contributed by atoms with van der Waals surface area (Å²) in [7, 11) is -2.15. The Bertz CT molecular complexity index is 540. The van der Waals surface area contributed by atoms with Crippen LogP contribution < -0.4 is 15.2 Å². The molecular weight excluding hydrogens is 284 g/mol. The minimum absolute atomic E-state index is 0.0186. The molecule has 0 aliphatic carbocycles. The number of rotatable bonds is 4. The molecule has 1 atom stereocenters. The molecule has 1 aromatic rings. The van der Waals surface area contributed by atoms with Crippen molar-refractivity contribution in [1.29, 1.82) is 0 Å². The van der Waals surface area contributed by atoms with Crippen LogP contribution in [0.2, 0.25) is 0 Å². The summed E-state index contributed by atoms with van der Waals surface area (Å²) in [5.74, 6) is 2.22. The van der Waals surface area contributed by atoms with E-state index in [-0.39, 0.29) is 10.9 Å². The molecule has 0 saturated carbocycles. The summed E-state index contributed by atoms with van der Waals surface area (Å²) >= 11 is 1.77. The first kappa shape index (κ1) is 14.5. The van der Waals surface area contributed by atoms with Crippen molar-refractivity contribution in [3.05, 3.63) is 18.2 Å². The average molecular weight is 302 g/mol. The highest BCUT2D eigenvalue weighted by Crippen LogP contribution is 2.27. The molecular formula is C12H18N2O3S2. The van der Waals surface area contributed by atoms with E-state index >= 15 is 0 Å². The van der Waals surface area contributed by atoms with Gasteiger partial charge in [-0.2, -0.15) is 11.8 Å². The number of hydrogen-bond acceptors (Lipinski definition) is 5. The zero-order valence-corrected chi connectivity index (χ0v) is 12.4. The molecule has 1 saturated heterocycles. The van der Waals surface area contributed by atoms with Gasteiger partial charge in [0.25, 0.3) is 0 Å². The lowest BCUT2D eigenvalue weighted by Gasteiger charge is -2.22. The van der Waals surface area contributed by atoms with Crippen molar-refractivity contribution in [3.63, 3.8) is 0 Å². The van der Waals surface area contributed by atoms with Gasteiger partial charge in [0.05, 0.1) is 7.11 Å². The van der Waals surface area contributed by atoms with Gasteiger partial charge in [0, 0.05) is 17.5 Å². The summed E-state index contributed by atoms with van der Waals surface area (Å²) in [6.45, 7) is 0. The van der Waals surface area contributed by atoms with Crippen LogP contribution >= 0.6 is 11.8 Å². The second-order valence-corrected chi connectivity index (χ2v) is 7.28. The van der Waals surface area contributed by atoms with Gasteiger partial charge in [-0.1, -0.05) is 0 Å². The number of benzene rings is 1. The van der Waals surface area contributed by atoms with Gasteiger partial charge >= 0.3 is 0 Å². The van der Waals surface area contributed by atoms with E-state index in [1.165, 1.54) is 13.2 Å². The lowest BCUT2D eigenvalue weighted by molar-refractivity contribution is 0.402. The van der Waals surface area contributed by atoms with Gasteiger partial charge in [-0.05, 0) is 36.8 Å². The van der Waals surface area contributed by atoms with Crippen LogP contribution in [0.25, 0.3) is 0 Å². The molecule has 1 heterocycles. The van der Waals surface area contributed by atoms with E-state index in [0.717, 1.165) is 24.3 Å². The van der Waals surface area contributed by atoms with Gasteiger partial charge in [-0.25, -0.2) is 13.1 Å². The Morgan fingerprint density at radius 3 is 2.89 bits per heavy atom. The molecule has 19 heavy (non-hydrogen) atoms. The molecule has 0 spiro atoms. The normalized spacial score (nSPS) is 20.2. The number of sulfonamides is 1. The van der Waals surface area contributed by atoms with E-state index in [1.807, 2.05) is 0 Å². The van der Waals surface area contributed by atoms with Crippen LogP contribution in [-0.4, -0.2) is 33.1 Å². The SMILES string of the molecule is COc1ccc(N)cc1S(=O)(=O)NC1CCCSC1. The molecule has 106 valence electrons. The van der Waals surface area contributed by atoms with Gasteiger partial charge in [-0.15, -0.1) is 0 Å². The third-order valence-electron chi connectivity index (χ3n) is 2.96. The van der Waals surface area contributed by atoms with E-state index in [2.05, 4.69) is 4.72 Å². The predicted molar refractivity (Wildman–Crippen MR) is 78.1 cm³/mol. The van der Waals surface area contributed by atoms with E-state index in [0.29, 0.717) is 11.4 Å². The average Bonchev–Trinajstić information content (AvgIpc) is 2.39. The number of thioether (sulfide) groups is 1. The van der Waals surface area contributed by atoms with Crippen LogP contribution in [0.15, 0.2) is 23.1 Å². The molecule has 0 amide bonds. The largest absolute Gasteiger partial charge is 0.495 e. The van der Waals surface area contributed by atoms with Crippen LogP contribution in [0.4, 0.5) is 5.69 Å². The number of anilines is 1. The summed E-state index contributed by atoms with van der Waals surface area (Å²) < 4.78 is 32.6. The minimum Gasteiger partial charge on any atom is -0.495 e. The zero-order valence-electron chi connectivity index (χ0n) is 10.8. The summed E-state index contributed by atoms with van der Waals surface area (Å²) in [6.07, 6.45) is 1.91. The highest BCUT2D eigenvalue weighted by atomic mass is 32.2.